The van der Waals surface area contributed by atoms with Crippen LogP contribution in [0.1, 0.15) is 15.9 Å². The molecule has 1 fully saturated rings. The number of nitrogens with zero attached hydrogens (tertiary/aromatic N) is 1. The number of hydrogen-bond donors (Lipinski definition) is 1. The zero-order chi connectivity index (χ0) is 21.1. The Kier molecular flexibility index (Phi) is 5.91. The molecule has 0 aliphatic carbocycles. The molecule has 3 aromatic rings. The van der Waals surface area contributed by atoms with Gasteiger partial charge in [0.2, 0.25) is 5.91 Å². The van der Waals surface area contributed by atoms with Crippen molar-refractivity contribution in [2.24, 2.45) is 5.92 Å². The van der Waals surface area contributed by atoms with E-state index >= 15 is 0 Å². The summed E-state index contributed by atoms with van der Waals surface area (Å²) in [6.07, 6.45) is 0.733. The van der Waals surface area contributed by atoms with Gasteiger partial charge in [-0.05, 0) is 59.2 Å². The fourth-order valence-electron chi connectivity index (χ4n) is 3.71. The Labute approximate surface area is 180 Å². The molecule has 0 spiro atoms. The third-order valence-electron chi connectivity index (χ3n) is 5.50. The monoisotopic (exact) mass is 422 g/mol. The number of fused-ring (bicyclic) bond motifs is 1. The van der Waals surface area contributed by atoms with Gasteiger partial charge < -0.3 is 15.0 Å². The number of amides is 2. The van der Waals surface area contributed by atoms with E-state index < -0.39 is 0 Å². The maximum atomic E-state index is 12.4. The quantitative estimate of drug-likeness (QED) is 0.654. The van der Waals surface area contributed by atoms with Crippen molar-refractivity contribution in [1.29, 1.82) is 0 Å². The van der Waals surface area contributed by atoms with Crippen LogP contribution in [0.3, 0.4) is 0 Å². The average Bonchev–Trinajstić information content (AvgIpc) is 2.73. The number of benzene rings is 3. The minimum absolute atomic E-state index is 0.00651. The van der Waals surface area contributed by atoms with Crippen LogP contribution < -0.4 is 10.1 Å². The van der Waals surface area contributed by atoms with Crippen LogP contribution in [0.5, 0.6) is 5.75 Å². The van der Waals surface area contributed by atoms with Gasteiger partial charge in [0, 0.05) is 30.2 Å². The number of likely N-dealkylation sites (tertiary alicyclic amines) is 1. The van der Waals surface area contributed by atoms with Crippen molar-refractivity contribution in [3.63, 3.8) is 0 Å². The number of halogens is 1. The van der Waals surface area contributed by atoms with Crippen molar-refractivity contribution in [2.75, 3.05) is 26.7 Å². The lowest BCUT2D eigenvalue weighted by molar-refractivity contribution is -0.128. The Morgan fingerprint density at radius 2 is 1.87 bits per heavy atom. The highest BCUT2D eigenvalue weighted by molar-refractivity contribution is 6.30. The second-order valence-corrected chi connectivity index (χ2v) is 7.90. The third-order valence-corrected chi connectivity index (χ3v) is 5.76. The summed E-state index contributed by atoms with van der Waals surface area (Å²) in [5.41, 5.74) is 1.75. The first-order valence-corrected chi connectivity index (χ1v) is 10.3. The van der Waals surface area contributed by atoms with Crippen LogP contribution in [0.2, 0.25) is 5.02 Å². The molecular weight excluding hydrogens is 400 g/mol. The number of carbonyl (C=O) groups excluding carboxylic acids is 2. The van der Waals surface area contributed by atoms with E-state index in [4.69, 9.17) is 16.3 Å². The van der Waals surface area contributed by atoms with Crippen molar-refractivity contribution in [1.82, 2.24) is 10.2 Å². The summed E-state index contributed by atoms with van der Waals surface area (Å²) in [4.78, 5) is 26.6. The van der Waals surface area contributed by atoms with Crippen LogP contribution in [0, 0.1) is 5.92 Å². The maximum Gasteiger partial charge on any atom is 0.253 e. The summed E-state index contributed by atoms with van der Waals surface area (Å²) in [5, 5.41) is 5.88. The van der Waals surface area contributed by atoms with Crippen LogP contribution in [-0.2, 0) is 11.2 Å². The molecule has 0 saturated carbocycles. The van der Waals surface area contributed by atoms with Gasteiger partial charge in [0.15, 0.2) is 0 Å². The van der Waals surface area contributed by atoms with E-state index in [2.05, 4.69) is 17.4 Å². The van der Waals surface area contributed by atoms with Crippen LogP contribution in [-0.4, -0.2) is 43.5 Å². The summed E-state index contributed by atoms with van der Waals surface area (Å²) in [6, 6.07) is 19.0. The van der Waals surface area contributed by atoms with Crippen molar-refractivity contribution in [3.05, 3.63) is 76.8 Å². The Morgan fingerprint density at radius 1 is 1.10 bits per heavy atom. The first-order valence-electron chi connectivity index (χ1n) is 9.93. The normalized spacial score (nSPS) is 13.7. The fraction of sp³-hybridized carbons (Fsp3) is 0.250. The Morgan fingerprint density at radius 3 is 2.60 bits per heavy atom. The van der Waals surface area contributed by atoms with E-state index in [1.165, 1.54) is 5.56 Å². The molecule has 1 aliphatic heterocycles. The van der Waals surface area contributed by atoms with Gasteiger partial charge in [0.1, 0.15) is 5.75 Å². The van der Waals surface area contributed by atoms with Crippen molar-refractivity contribution in [3.8, 4) is 5.75 Å². The molecule has 6 heteroatoms. The van der Waals surface area contributed by atoms with Crippen LogP contribution in [0.15, 0.2) is 60.7 Å². The molecule has 0 radical (unpaired) electrons. The van der Waals surface area contributed by atoms with Crippen molar-refractivity contribution < 1.29 is 14.3 Å². The lowest BCUT2D eigenvalue weighted by Crippen LogP contribution is -2.55. The maximum absolute atomic E-state index is 12.4. The van der Waals surface area contributed by atoms with Crippen molar-refractivity contribution >= 4 is 34.2 Å². The summed E-state index contributed by atoms with van der Waals surface area (Å²) < 4.78 is 5.33. The fourth-order valence-corrected chi connectivity index (χ4v) is 3.84. The van der Waals surface area contributed by atoms with Gasteiger partial charge in [-0.3, -0.25) is 9.59 Å². The molecular formula is C24H23ClN2O3. The Bertz CT molecular complexity index is 1080. The van der Waals surface area contributed by atoms with Gasteiger partial charge in [-0.2, -0.15) is 0 Å². The average molecular weight is 423 g/mol. The predicted octanol–water partition coefficient (Wildman–Crippen LogP) is 3.93. The highest BCUT2D eigenvalue weighted by atomic mass is 35.5. The molecule has 0 atom stereocenters. The van der Waals surface area contributed by atoms with E-state index in [1.807, 2.05) is 24.3 Å². The van der Waals surface area contributed by atoms with Gasteiger partial charge in [-0.1, -0.05) is 35.9 Å². The third kappa shape index (κ3) is 4.26. The Balaban J connectivity index is 1.29. The molecule has 2 amide bonds. The molecule has 1 N–H and O–H groups in total. The zero-order valence-corrected chi connectivity index (χ0v) is 17.5. The summed E-state index contributed by atoms with van der Waals surface area (Å²) in [5.74, 6) is 0.584. The molecule has 0 aromatic heterocycles. The van der Waals surface area contributed by atoms with E-state index in [-0.39, 0.29) is 17.7 Å². The van der Waals surface area contributed by atoms with Crippen LogP contribution in [0.25, 0.3) is 10.8 Å². The first-order chi connectivity index (χ1) is 14.5. The largest absolute Gasteiger partial charge is 0.497 e. The number of methoxy groups -OCH3 is 1. The smallest absolute Gasteiger partial charge is 0.253 e. The molecule has 1 heterocycles. The summed E-state index contributed by atoms with van der Waals surface area (Å²) in [7, 11) is 1.66. The van der Waals surface area contributed by atoms with E-state index in [1.54, 1.807) is 36.3 Å². The van der Waals surface area contributed by atoms with E-state index in [9.17, 15) is 9.59 Å². The zero-order valence-electron chi connectivity index (χ0n) is 16.7. The SMILES string of the molecule is COc1ccc2cccc(CCNC(=O)C3CN(C(=O)c4ccc(Cl)cc4)C3)c2c1. The summed E-state index contributed by atoms with van der Waals surface area (Å²) >= 11 is 5.86. The van der Waals surface area contributed by atoms with Gasteiger partial charge in [0.05, 0.1) is 13.0 Å². The molecule has 0 unspecified atom stereocenters. The molecule has 5 nitrogen and oxygen atoms in total. The van der Waals surface area contributed by atoms with E-state index in [0.717, 1.165) is 22.9 Å². The minimum atomic E-state index is -0.158. The second kappa shape index (κ2) is 8.76. The molecule has 1 saturated heterocycles. The van der Waals surface area contributed by atoms with Crippen molar-refractivity contribution in [2.45, 2.75) is 6.42 Å². The van der Waals surface area contributed by atoms with Crippen LogP contribution >= 0.6 is 11.6 Å². The standard InChI is InChI=1S/C24H23ClN2O3/c1-30-21-10-7-16-3-2-4-17(22(16)13-21)11-12-26-23(28)19-14-27(15-19)24(29)18-5-8-20(25)9-6-18/h2-10,13,19H,11-12,14-15H2,1H3,(H,26,28). The van der Waals surface area contributed by atoms with Gasteiger partial charge in [-0.15, -0.1) is 0 Å². The second-order valence-electron chi connectivity index (χ2n) is 7.46. The molecule has 1 aliphatic rings. The molecule has 30 heavy (non-hydrogen) atoms. The Hall–Kier alpha value is -3.05. The lowest BCUT2D eigenvalue weighted by atomic mass is 9.97. The van der Waals surface area contributed by atoms with Crippen LogP contribution in [0.4, 0.5) is 0 Å². The first kappa shape index (κ1) is 20.2. The van der Waals surface area contributed by atoms with Gasteiger partial charge in [-0.25, -0.2) is 0 Å². The molecule has 4 rings (SSSR count). The minimum Gasteiger partial charge on any atom is -0.497 e. The summed E-state index contributed by atoms with van der Waals surface area (Å²) in [6.45, 7) is 1.44. The highest BCUT2D eigenvalue weighted by Gasteiger charge is 2.35. The number of carbonyl (C=O) groups is 2. The molecule has 0 bridgehead atoms. The predicted molar refractivity (Wildman–Crippen MR) is 118 cm³/mol. The lowest BCUT2D eigenvalue weighted by Gasteiger charge is -2.38. The van der Waals surface area contributed by atoms with Gasteiger partial charge in [0.25, 0.3) is 5.91 Å². The topological polar surface area (TPSA) is 58.6 Å². The molecule has 3 aromatic carbocycles. The molecule has 154 valence electrons. The number of nitrogens with one attached hydrogen (secondary N) is 1. The highest BCUT2D eigenvalue weighted by Crippen LogP contribution is 2.24. The van der Waals surface area contributed by atoms with E-state index in [0.29, 0.717) is 30.2 Å². The van der Waals surface area contributed by atoms with Gasteiger partial charge >= 0.3 is 0 Å². The number of ether oxygens (including phenoxy) is 1. The number of rotatable bonds is 6. The number of hydrogen-bond acceptors (Lipinski definition) is 3.